The average Bonchev–Trinajstić information content (AvgIpc) is 3.15. The second-order valence-corrected chi connectivity index (χ2v) is 8.71. The van der Waals surface area contributed by atoms with Gasteiger partial charge in [0.1, 0.15) is 17.1 Å². The average molecular weight is 447 g/mol. The Morgan fingerprint density at radius 1 is 1.12 bits per heavy atom. The normalized spacial score (nSPS) is 11.7. The number of benzene rings is 1. The first-order valence-electron chi connectivity index (χ1n) is 10.9. The van der Waals surface area contributed by atoms with E-state index in [1.54, 1.807) is 20.4 Å². The lowest BCUT2D eigenvalue weighted by atomic mass is 10.0. The zero-order chi connectivity index (χ0) is 23.6. The minimum absolute atomic E-state index is 0.318. The molecule has 0 saturated carbocycles. The predicted molar refractivity (Wildman–Crippen MR) is 130 cm³/mol. The van der Waals surface area contributed by atoms with Gasteiger partial charge >= 0.3 is 0 Å². The van der Waals surface area contributed by atoms with E-state index < -0.39 is 0 Å². The Kier molecular flexibility index (Phi) is 6.29. The Balaban J connectivity index is 1.63. The summed E-state index contributed by atoms with van der Waals surface area (Å²) in [5, 5.41) is 8.74. The minimum Gasteiger partial charge on any atom is -0.496 e. The van der Waals surface area contributed by atoms with E-state index in [0.29, 0.717) is 18.8 Å². The third-order valence-corrected chi connectivity index (χ3v) is 5.74. The molecule has 8 heteroatoms. The number of methoxy groups -OCH3 is 2. The molecule has 0 aliphatic rings. The quantitative estimate of drug-likeness (QED) is 0.435. The smallest absolute Gasteiger partial charge is 0.152 e. The Morgan fingerprint density at radius 3 is 2.64 bits per heavy atom. The number of fused-ring (bicyclic) bond motifs is 1. The molecule has 0 aliphatic carbocycles. The van der Waals surface area contributed by atoms with Crippen molar-refractivity contribution in [1.82, 2.24) is 24.7 Å². The highest BCUT2D eigenvalue weighted by Crippen LogP contribution is 2.30. The fourth-order valence-corrected chi connectivity index (χ4v) is 3.69. The number of rotatable bonds is 8. The summed E-state index contributed by atoms with van der Waals surface area (Å²) < 4.78 is 13.0. The highest BCUT2D eigenvalue weighted by Gasteiger charge is 2.18. The summed E-state index contributed by atoms with van der Waals surface area (Å²) in [6, 6.07) is 8.11. The molecule has 172 valence electrons. The van der Waals surface area contributed by atoms with Crippen LogP contribution in [-0.2, 0) is 18.2 Å². The van der Waals surface area contributed by atoms with Crippen LogP contribution in [0.3, 0.4) is 0 Å². The van der Waals surface area contributed by atoms with Crippen molar-refractivity contribution in [3.05, 3.63) is 59.9 Å². The molecule has 0 saturated heterocycles. The van der Waals surface area contributed by atoms with E-state index in [9.17, 15) is 0 Å². The fourth-order valence-electron chi connectivity index (χ4n) is 3.69. The van der Waals surface area contributed by atoms with Crippen molar-refractivity contribution < 1.29 is 9.47 Å². The van der Waals surface area contributed by atoms with Crippen LogP contribution >= 0.6 is 0 Å². The van der Waals surface area contributed by atoms with Crippen LogP contribution in [0.4, 0.5) is 5.82 Å². The van der Waals surface area contributed by atoms with Crippen molar-refractivity contribution in [3.8, 4) is 16.9 Å². The lowest BCUT2D eigenvalue weighted by molar-refractivity contribution is 0.0343. The molecule has 4 aromatic rings. The molecule has 0 atom stereocenters. The number of hydrogen-bond acceptors (Lipinski definition) is 7. The molecule has 0 bridgehead atoms. The van der Waals surface area contributed by atoms with Crippen LogP contribution in [0.15, 0.2) is 42.9 Å². The molecular weight excluding hydrogens is 416 g/mol. The van der Waals surface area contributed by atoms with Crippen LogP contribution in [0.25, 0.3) is 22.0 Å². The van der Waals surface area contributed by atoms with Gasteiger partial charge in [-0.15, -0.1) is 0 Å². The molecule has 8 nitrogen and oxygen atoms in total. The van der Waals surface area contributed by atoms with Crippen molar-refractivity contribution in [3.63, 3.8) is 0 Å². The maximum absolute atomic E-state index is 5.70. The van der Waals surface area contributed by atoms with Gasteiger partial charge < -0.3 is 14.8 Å². The zero-order valence-electron chi connectivity index (χ0n) is 20.0. The van der Waals surface area contributed by atoms with Gasteiger partial charge in [-0.25, -0.2) is 15.0 Å². The second kappa shape index (κ2) is 9.15. The second-order valence-electron chi connectivity index (χ2n) is 8.71. The molecule has 0 spiro atoms. The molecule has 1 N–H and O–H groups in total. The van der Waals surface area contributed by atoms with Crippen molar-refractivity contribution >= 4 is 16.7 Å². The summed E-state index contributed by atoms with van der Waals surface area (Å²) in [7, 11) is 5.31. The Bertz CT molecular complexity index is 1280. The van der Waals surface area contributed by atoms with Gasteiger partial charge in [-0.3, -0.25) is 4.68 Å². The van der Waals surface area contributed by atoms with E-state index in [4.69, 9.17) is 14.5 Å². The summed E-state index contributed by atoms with van der Waals surface area (Å²) in [4.78, 5) is 13.9. The lowest BCUT2D eigenvalue weighted by Crippen LogP contribution is -2.32. The molecule has 1 aromatic carbocycles. The van der Waals surface area contributed by atoms with Gasteiger partial charge in [0.25, 0.3) is 0 Å². The van der Waals surface area contributed by atoms with Crippen LogP contribution in [-0.4, -0.2) is 51.1 Å². The van der Waals surface area contributed by atoms with Gasteiger partial charge in [0.15, 0.2) is 5.82 Å². The number of pyridine rings is 1. The van der Waals surface area contributed by atoms with Gasteiger partial charge in [0.05, 0.1) is 18.4 Å². The maximum atomic E-state index is 5.70. The number of nitrogens with one attached hydrogen (secondary N) is 1. The monoisotopic (exact) mass is 446 g/mol. The van der Waals surface area contributed by atoms with Crippen molar-refractivity contribution in [2.75, 3.05) is 26.1 Å². The first kappa shape index (κ1) is 22.7. The standard InChI is InChI=1S/C25H30N6O2/c1-16-20(14-31(4)30-16)17-7-8-18(21(11-17)32-5)12-22-27-13-19-9-10-26-24(23(19)29-22)28-15-25(2,3)33-6/h7-11,13-14H,12,15H2,1-6H3,(H,26,28). The molecule has 0 fully saturated rings. The number of aryl methyl sites for hydroxylation is 2. The molecule has 33 heavy (non-hydrogen) atoms. The highest BCUT2D eigenvalue weighted by atomic mass is 16.5. The third kappa shape index (κ3) is 4.96. The molecule has 3 aromatic heterocycles. The fraction of sp³-hybridized carbons (Fsp3) is 0.360. The largest absolute Gasteiger partial charge is 0.496 e. The minimum atomic E-state index is -0.318. The highest BCUT2D eigenvalue weighted by molar-refractivity contribution is 5.87. The van der Waals surface area contributed by atoms with Crippen molar-refractivity contribution in [2.45, 2.75) is 32.8 Å². The number of hydrogen-bond donors (Lipinski definition) is 1. The van der Waals surface area contributed by atoms with Gasteiger partial charge in [0, 0.05) is 62.2 Å². The van der Waals surface area contributed by atoms with Crippen LogP contribution in [0, 0.1) is 6.92 Å². The number of anilines is 1. The summed E-state index contributed by atoms with van der Waals surface area (Å²) in [6.07, 6.45) is 6.16. The maximum Gasteiger partial charge on any atom is 0.152 e. The molecule has 0 amide bonds. The molecule has 3 heterocycles. The van der Waals surface area contributed by atoms with Gasteiger partial charge in [-0.05, 0) is 38.5 Å². The van der Waals surface area contributed by atoms with Gasteiger partial charge in [-0.1, -0.05) is 12.1 Å². The predicted octanol–water partition coefficient (Wildman–Crippen LogP) is 4.17. The zero-order valence-corrected chi connectivity index (χ0v) is 20.0. The van der Waals surface area contributed by atoms with Crippen LogP contribution in [0.1, 0.15) is 30.9 Å². The van der Waals surface area contributed by atoms with Gasteiger partial charge in [0.2, 0.25) is 0 Å². The first-order valence-corrected chi connectivity index (χ1v) is 10.9. The van der Waals surface area contributed by atoms with Crippen molar-refractivity contribution in [1.29, 1.82) is 0 Å². The van der Waals surface area contributed by atoms with Gasteiger partial charge in [-0.2, -0.15) is 5.10 Å². The van der Waals surface area contributed by atoms with E-state index in [2.05, 4.69) is 32.5 Å². The van der Waals surface area contributed by atoms with E-state index in [1.807, 2.05) is 57.0 Å². The van der Waals surface area contributed by atoms with E-state index >= 15 is 0 Å². The molecule has 0 aliphatic heterocycles. The Morgan fingerprint density at radius 2 is 1.94 bits per heavy atom. The van der Waals surface area contributed by atoms with Crippen LogP contribution in [0.5, 0.6) is 5.75 Å². The van der Waals surface area contributed by atoms with E-state index in [0.717, 1.165) is 44.9 Å². The molecule has 4 rings (SSSR count). The summed E-state index contributed by atoms with van der Waals surface area (Å²) >= 11 is 0. The summed E-state index contributed by atoms with van der Waals surface area (Å²) in [5.41, 5.74) is 4.62. The summed E-state index contributed by atoms with van der Waals surface area (Å²) in [5.74, 6) is 2.22. The van der Waals surface area contributed by atoms with Crippen LogP contribution in [0.2, 0.25) is 0 Å². The van der Waals surface area contributed by atoms with E-state index in [-0.39, 0.29) is 5.60 Å². The topological polar surface area (TPSA) is 87.0 Å². The number of ether oxygens (including phenoxy) is 2. The van der Waals surface area contributed by atoms with Crippen LogP contribution < -0.4 is 10.1 Å². The van der Waals surface area contributed by atoms with Crippen molar-refractivity contribution in [2.24, 2.45) is 7.05 Å². The number of aromatic nitrogens is 5. The van der Waals surface area contributed by atoms with E-state index in [1.165, 1.54) is 0 Å². The number of nitrogens with zero attached hydrogens (tertiary/aromatic N) is 5. The summed E-state index contributed by atoms with van der Waals surface area (Å²) in [6.45, 7) is 6.66. The third-order valence-electron chi connectivity index (χ3n) is 5.74. The molecular formula is C25H30N6O2. The Labute approximate surface area is 194 Å². The lowest BCUT2D eigenvalue weighted by Gasteiger charge is -2.23. The molecule has 0 radical (unpaired) electrons. The SMILES string of the molecule is COc1cc(-c2cn(C)nc2C)ccc1Cc1ncc2ccnc(NCC(C)(C)OC)c2n1. The molecule has 0 unspecified atom stereocenters. The first-order chi connectivity index (χ1) is 15.8. The Hall–Kier alpha value is -3.52.